The van der Waals surface area contributed by atoms with E-state index < -0.39 is 0 Å². The standard InChI is InChI=1S/C21H23N3O3/c1-26-18-9-7-17(8-10-18)22-20(25)24-13-11-21(12-14-24)15-19(23-27-21)16-5-3-2-4-6-16/h2-10H,11-15H2,1H3,(H,22,25). The number of likely N-dealkylation sites (tertiary alicyclic amines) is 1. The summed E-state index contributed by atoms with van der Waals surface area (Å²) in [7, 11) is 1.62. The Morgan fingerprint density at radius 1 is 1.11 bits per heavy atom. The maximum Gasteiger partial charge on any atom is 0.321 e. The van der Waals surface area contributed by atoms with Gasteiger partial charge in [0.05, 0.1) is 12.8 Å². The fourth-order valence-corrected chi connectivity index (χ4v) is 3.57. The van der Waals surface area contributed by atoms with E-state index in [1.807, 2.05) is 47.4 Å². The highest BCUT2D eigenvalue weighted by Gasteiger charge is 2.43. The quantitative estimate of drug-likeness (QED) is 0.898. The largest absolute Gasteiger partial charge is 0.497 e. The molecule has 6 heteroatoms. The summed E-state index contributed by atoms with van der Waals surface area (Å²) in [6, 6.07) is 17.4. The summed E-state index contributed by atoms with van der Waals surface area (Å²) in [4.78, 5) is 20.2. The molecule has 1 spiro atoms. The summed E-state index contributed by atoms with van der Waals surface area (Å²) in [6.45, 7) is 1.30. The molecule has 2 aliphatic heterocycles. The predicted octanol–water partition coefficient (Wildman–Crippen LogP) is 3.89. The van der Waals surface area contributed by atoms with Crippen LogP contribution in [0.2, 0.25) is 0 Å². The molecule has 4 rings (SSSR count). The van der Waals surface area contributed by atoms with Crippen molar-refractivity contribution in [2.45, 2.75) is 24.9 Å². The van der Waals surface area contributed by atoms with Gasteiger partial charge >= 0.3 is 6.03 Å². The Labute approximate surface area is 158 Å². The molecule has 140 valence electrons. The third-order valence-corrected chi connectivity index (χ3v) is 5.25. The summed E-state index contributed by atoms with van der Waals surface area (Å²) in [5.74, 6) is 0.764. The first-order valence-electron chi connectivity index (χ1n) is 9.18. The number of ether oxygens (including phenoxy) is 1. The topological polar surface area (TPSA) is 63.2 Å². The first-order chi connectivity index (χ1) is 13.2. The van der Waals surface area contributed by atoms with E-state index in [0.29, 0.717) is 13.1 Å². The minimum atomic E-state index is -0.276. The Kier molecular flexibility index (Phi) is 4.71. The second kappa shape index (κ2) is 7.31. The summed E-state index contributed by atoms with van der Waals surface area (Å²) in [5, 5.41) is 7.26. The van der Waals surface area contributed by atoms with Crippen LogP contribution in [0, 0.1) is 0 Å². The Morgan fingerprint density at radius 2 is 1.81 bits per heavy atom. The number of piperidine rings is 1. The smallest absolute Gasteiger partial charge is 0.321 e. The van der Waals surface area contributed by atoms with E-state index in [1.165, 1.54) is 0 Å². The van der Waals surface area contributed by atoms with Crippen molar-refractivity contribution in [1.29, 1.82) is 0 Å². The van der Waals surface area contributed by atoms with Crippen molar-refractivity contribution in [3.05, 3.63) is 60.2 Å². The molecule has 1 fully saturated rings. The predicted molar refractivity (Wildman–Crippen MR) is 104 cm³/mol. The number of carbonyl (C=O) groups excluding carboxylic acids is 1. The fourth-order valence-electron chi connectivity index (χ4n) is 3.57. The Morgan fingerprint density at radius 3 is 2.48 bits per heavy atom. The van der Waals surface area contributed by atoms with Crippen LogP contribution < -0.4 is 10.1 Å². The average Bonchev–Trinajstić information content (AvgIpc) is 3.13. The SMILES string of the molecule is COc1ccc(NC(=O)N2CCC3(CC2)CC(c2ccccc2)=NO3)cc1. The molecular formula is C21H23N3O3. The molecular weight excluding hydrogens is 342 g/mol. The number of nitrogens with zero attached hydrogens (tertiary/aromatic N) is 2. The lowest BCUT2D eigenvalue weighted by molar-refractivity contribution is -0.0544. The average molecular weight is 365 g/mol. The third-order valence-electron chi connectivity index (χ3n) is 5.25. The molecule has 0 aromatic heterocycles. The third kappa shape index (κ3) is 3.74. The van der Waals surface area contributed by atoms with E-state index >= 15 is 0 Å². The number of urea groups is 1. The maximum absolute atomic E-state index is 12.5. The van der Waals surface area contributed by atoms with E-state index in [0.717, 1.165) is 42.0 Å². The van der Waals surface area contributed by atoms with Crippen molar-refractivity contribution < 1.29 is 14.4 Å². The molecule has 0 unspecified atom stereocenters. The van der Waals surface area contributed by atoms with Crippen LogP contribution in [0.15, 0.2) is 59.8 Å². The van der Waals surface area contributed by atoms with Crippen LogP contribution in [0.3, 0.4) is 0 Å². The zero-order valence-electron chi connectivity index (χ0n) is 15.4. The first kappa shape index (κ1) is 17.4. The van der Waals surface area contributed by atoms with Crippen LogP contribution in [0.25, 0.3) is 0 Å². The zero-order chi connectivity index (χ0) is 18.7. The Bertz CT molecular complexity index is 826. The lowest BCUT2D eigenvalue weighted by Gasteiger charge is -2.37. The summed E-state index contributed by atoms with van der Waals surface area (Å²) >= 11 is 0. The van der Waals surface area contributed by atoms with Crippen LogP contribution in [0.4, 0.5) is 10.5 Å². The van der Waals surface area contributed by atoms with Crippen LogP contribution in [-0.4, -0.2) is 42.4 Å². The minimum Gasteiger partial charge on any atom is -0.497 e. The molecule has 2 heterocycles. The minimum absolute atomic E-state index is 0.0859. The van der Waals surface area contributed by atoms with Gasteiger partial charge in [-0.3, -0.25) is 0 Å². The van der Waals surface area contributed by atoms with Gasteiger partial charge in [-0.05, 0) is 29.8 Å². The summed E-state index contributed by atoms with van der Waals surface area (Å²) in [6.07, 6.45) is 2.36. The number of amides is 2. The van der Waals surface area contributed by atoms with Crippen molar-refractivity contribution in [1.82, 2.24) is 4.90 Å². The molecule has 2 aromatic carbocycles. The van der Waals surface area contributed by atoms with Crippen molar-refractivity contribution in [3.63, 3.8) is 0 Å². The van der Waals surface area contributed by atoms with Gasteiger partial charge < -0.3 is 19.8 Å². The van der Waals surface area contributed by atoms with Gasteiger partial charge in [0, 0.05) is 38.0 Å². The van der Waals surface area contributed by atoms with Gasteiger partial charge in [0.15, 0.2) is 0 Å². The molecule has 0 atom stereocenters. The normalized spacial score (nSPS) is 18.0. The molecule has 1 N–H and O–H groups in total. The number of benzene rings is 2. The molecule has 0 saturated carbocycles. The molecule has 0 aliphatic carbocycles. The van der Waals surface area contributed by atoms with Gasteiger partial charge in [-0.1, -0.05) is 35.5 Å². The molecule has 0 radical (unpaired) electrons. The number of nitrogens with one attached hydrogen (secondary N) is 1. The first-order valence-corrected chi connectivity index (χ1v) is 9.18. The van der Waals surface area contributed by atoms with Crippen molar-refractivity contribution in [3.8, 4) is 5.75 Å². The van der Waals surface area contributed by atoms with Gasteiger partial charge in [0.2, 0.25) is 0 Å². The number of rotatable bonds is 3. The van der Waals surface area contributed by atoms with E-state index in [4.69, 9.17) is 9.57 Å². The molecule has 27 heavy (non-hydrogen) atoms. The number of carbonyl (C=O) groups is 1. The van der Waals surface area contributed by atoms with Crippen LogP contribution in [-0.2, 0) is 4.84 Å². The van der Waals surface area contributed by atoms with Crippen molar-refractivity contribution in [2.24, 2.45) is 5.16 Å². The summed E-state index contributed by atoms with van der Waals surface area (Å²) < 4.78 is 5.14. The Hall–Kier alpha value is -3.02. The van der Waals surface area contributed by atoms with Crippen LogP contribution >= 0.6 is 0 Å². The Balaban J connectivity index is 1.32. The van der Waals surface area contributed by atoms with Gasteiger partial charge in [-0.15, -0.1) is 0 Å². The number of anilines is 1. The highest BCUT2D eigenvalue weighted by Crippen LogP contribution is 2.36. The van der Waals surface area contributed by atoms with E-state index in [1.54, 1.807) is 7.11 Å². The van der Waals surface area contributed by atoms with Gasteiger partial charge in [-0.2, -0.15) is 0 Å². The van der Waals surface area contributed by atoms with E-state index in [9.17, 15) is 4.79 Å². The fraction of sp³-hybridized carbons (Fsp3) is 0.333. The molecule has 6 nitrogen and oxygen atoms in total. The second-order valence-corrected chi connectivity index (χ2v) is 7.00. The number of hydrogen-bond acceptors (Lipinski definition) is 4. The van der Waals surface area contributed by atoms with E-state index in [-0.39, 0.29) is 11.6 Å². The lowest BCUT2D eigenvalue weighted by Crippen LogP contribution is -2.48. The van der Waals surface area contributed by atoms with Gasteiger partial charge in [-0.25, -0.2) is 4.79 Å². The molecule has 2 aliphatic rings. The second-order valence-electron chi connectivity index (χ2n) is 7.00. The lowest BCUT2D eigenvalue weighted by atomic mass is 9.85. The highest BCUT2D eigenvalue weighted by atomic mass is 16.7. The van der Waals surface area contributed by atoms with E-state index in [2.05, 4.69) is 22.6 Å². The van der Waals surface area contributed by atoms with Gasteiger partial charge in [0.25, 0.3) is 0 Å². The van der Waals surface area contributed by atoms with Crippen LogP contribution in [0.5, 0.6) is 5.75 Å². The number of methoxy groups -OCH3 is 1. The summed E-state index contributed by atoms with van der Waals surface area (Å²) in [5.41, 5.74) is 2.58. The maximum atomic E-state index is 12.5. The van der Waals surface area contributed by atoms with Crippen molar-refractivity contribution in [2.75, 3.05) is 25.5 Å². The number of hydrogen-bond donors (Lipinski definition) is 1. The monoisotopic (exact) mass is 365 g/mol. The zero-order valence-corrected chi connectivity index (χ0v) is 15.4. The van der Waals surface area contributed by atoms with Gasteiger partial charge in [0.1, 0.15) is 11.4 Å². The molecule has 0 bridgehead atoms. The molecule has 2 amide bonds. The number of oxime groups is 1. The van der Waals surface area contributed by atoms with Crippen molar-refractivity contribution >= 4 is 17.4 Å². The highest BCUT2D eigenvalue weighted by molar-refractivity contribution is 6.01. The molecule has 2 aromatic rings. The molecule has 1 saturated heterocycles. The van der Waals surface area contributed by atoms with Crippen LogP contribution in [0.1, 0.15) is 24.8 Å².